The average molecular weight is 336 g/mol. The molecule has 2 aromatic heterocycles. The number of nitrogens with two attached hydrogens (primary N) is 2. The van der Waals surface area contributed by atoms with E-state index in [1.54, 1.807) is 24.3 Å². The summed E-state index contributed by atoms with van der Waals surface area (Å²) in [5.41, 5.74) is 13.7. The van der Waals surface area contributed by atoms with Crippen LogP contribution in [-0.4, -0.2) is 23.0 Å². The number of hydrogen-bond acceptors (Lipinski definition) is 5. The molecule has 2 heterocycles. The van der Waals surface area contributed by atoms with Gasteiger partial charge in [-0.15, -0.1) is 0 Å². The Morgan fingerprint density at radius 1 is 1.40 bits per heavy atom. The fourth-order valence-electron chi connectivity index (χ4n) is 2.32. The van der Waals surface area contributed by atoms with Crippen molar-refractivity contribution in [2.75, 3.05) is 7.11 Å². The number of pyridine rings is 1. The van der Waals surface area contributed by atoms with Crippen LogP contribution in [-0.2, 0) is 4.74 Å². The molecule has 0 aliphatic rings. The quantitative estimate of drug-likeness (QED) is 0.557. The minimum Gasteiger partial charge on any atom is -0.465 e. The second-order valence-electron chi connectivity index (χ2n) is 5.12. The van der Waals surface area contributed by atoms with Crippen LogP contribution in [0, 0.1) is 0 Å². The van der Waals surface area contributed by atoms with Gasteiger partial charge in [0.2, 0.25) is 0 Å². The Labute approximate surface area is 145 Å². The molecule has 5 N–H and O–H groups in total. The van der Waals surface area contributed by atoms with Gasteiger partial charge >= 0.3 is 5.97 Å². The first-order valence-corrected chi connectivity index (χ1v) is 7.45. The summed E-state index contributed by atoms with van der Waals surface area (Å²) in [5.74, 6) is -0.463. The van der Waals surface area contributed by atoms with Gasteiger partial charge in [0.05, 0.1) is 18.0 Å². The first-order chi connectivity index (χ1) is 12.0. The molecule has 0 aliphatic heterocycles. The van der Waals surface area contributed by atoms with Gasteiger partial charge in [-0.1, -0.05) is 31.4 Å². The summed E-state index contributed by atoms with van der Waals surface area (Å²) in [6.07, 6.45) is 11.4. The molecule has 0 saturated carbocycles. The number of aromatic amines is 1. The normalized spacial score (nSPS) is 13.6. The minimum absolute atomic E-state index is 0.346. The number of carbonyl (C=O) groups excluding carboxylic acids is 1. The maximum atomic E-state index is 11.8. The number of hydrogen-bond donors (Lipinski definition) is 3. The zero-order valence-corrected chi connectivity index (χ0v) is 14.0. The lowest BCUT2D eigenvalue weighted by atomic mass is 10.1. The molecule has 0 bridgehead atoms. The second kappa shape index (κ2) is 7.83. The van der Waals surface area contributed by atoms with E-state index in [4.69, 9.17) is 16.2 Å². The minimum atomic E-state index is -0.463. The zero-order chi connectivity index (χ0) is 18.4. The summed E-state index contributed by atoms with van der Waals surface area (Å²) >= 11 is 0. The Bertz CT molecular complexity index is 1010. The summed E-state index contributed by atoms with van der Waals surface area (Å²) in [5, 5.41) is 2.15. The lowest BCUT2D eigenvalue weighted by Crippen LogP contribution is -2.24. The highest BCUT2D eigenvalue weighted by Gasteiger charge is 2.10. The molecule has 0 radical (unpaired) electrons. The molecule has 25 heavy (non-hydrogen) atoms. The van der Waals surface area contributed by atoms with E-state index >= 15 is 0 Å². The molecule has 6 nitrogen and oxygen atoms in total. The van der Waals surface area contributed by atoms with Crippen LogP contribution in [0.4, 0.5) is 0 Å². The number of fused-ring (bicyclic) bond motifs is 1. The Hall–Kier alpha value is -3.54. The summed E-state index contributed by atoms with van der Waals surface area (Å²) in [6, 6.07) is 1.70. The number of nitrogens with zero attached hydrogens (tertiary/aromatic N) is 1. The van der Waals surface area contributed by atoms with Crippen LogP contribution in [0.15, 0.2) is 61.0 Å². The number of rotatable bonds is 5. The van der Waals surface area contributed by atoms with Gasteiger partial charge in [-0.2, -0.15) is 0 Å². The van der Waals surface area contributed by atoms with Crippen LogP contribution in [0.5, 0.6) is 0 Å². The number of esters is 1. The molecular weight excluding hydrogens is 316 g/mol. The average Bonchev–Trinajstić information content (AvgIpc) is 2.98. The van der Waals surface area contributed by atoms with Gasteiger partial charge in [0, 0.05) is 29.2 Å². The van der Waals surface area contributed by atoms with E-state index in [1.165, 1.54) is 25.7 Å². The van der Waals surface area contributed by atoms with Gasteiger partial charge < -0.3 is 21.2 Å². The maximum Gasteiger partial charge on any atom is 0.339 e. The Morgan fingerprint density at radius 3 is 2.76 bits per heavy atom. The first-order valence-electron chi connectivity index (χ1n) is 7.45. The lowest BCUT2D eigenvalue weighted by molar-refractivity contribution is 0.0600. The molecule has 0 atom stereocenters. The van der Waals surface area contributed by atoms with Crippen LogP contribution in [0.1, 0.15) is 10.4 Å². The van der Waals surface area contributed by atoms with Gasteiger partial charge in [0.1, 0.15) is 5.65 Å². The monoisotopic (exact) mass is 336 g/mol. The fraction of sp³-hybridized carbons (Fsp3) is 0.0526. The number of ether oxygens (including phenoxy) is 1. The molecule has 0 unspecified atom stereocenters. The van der Waals surface area contributed by atoms with Crippen molar-refractivity contribution >= 4 is 29.3 Å². The van der Waals surface area contributed by atoms with Gasteiger partial charge in [-0.3, -0.25) is 0 Å². The molecule has 0 amide bonds. The van der Waals surface area contributed by atoms with E-state index in [1.807, 2.05) is 6.08 Å². The van der Waals surface area contributed by atoms with Gasteiger partial charge in [0.15, 0.2) is 0 Å². The van der Waals surface area contributed by atoms with Crippen LogP contribution in [0.2, 0.25) is 0 Å². The Kier molecular flexibility index (Phi) is 5.58. The van der Waals surface area contributed by atoms with E-state index in [0.29, 0.717) is 22.1 Å². The predicted molar refractivity (Wildman–Crippen MR) is 101 cm³/mol. The van der Waals surface area contributed by atoms with E-state index < -0.39 is 5.97 Å². The molecule has 0 aromatic carbocycles. The van der Waals surface area contributed by atoms with Crippen molar-refractivity contribution in [3.63, 3.8) is 0 Å². The Balaban J connectivity index is 2.70. The fourth-order valence-corrected chi connectivity index (χ4v) is 2.32. The third-order valence-corrected chi connectivity index (χ3v) is 3.59. The Morgan fingerprint density at radius 2 is 2.16 bits per heavy atom. The molecule has 6 heteroatoms. The second-order valence-corrected chi connectivity index (χ2v) is 5.12. The van der Waals surface area contributed by atoms with E-state index in [0.717, 1.165) is 16.2 Å². The molecule has 2 rings (SSSR count). The van der Waals surface area contributed by atoms with Gasteiger partial charge in [-0.05, 0) is 23.3 Å². The van der Waals surface area contributed by atoms with E-state index in [-0.39, 0.29) is 0 Å². The largest absolute Gasteiger partial charge is 0.465 e. The van der Waals surface area contributed by atoms with E-state index in [2.05, 4.69) is 23.1 Å². The molecule has 0 fully saturated rings. The first kappa shape index (κ1) is 17.8. The predicted octanol–water partition coefficient (Wildman–Crippen LogP) is 0.968. The van der Waals surface area contributed by atoms with E-state index in [9.17, 15) is 4.79 Å². The van der Waals surface area contributed by atoms with Crippen molar-refractivity contribution < 1.29 is 9.53 Å². The third-order valence-electron chi connectivity index (χ3n) is 3.59. The summed E-state index contributed by atoms with van der Waals surface area (Å²) < 4.78 is 4.75. The van der Waals surface area contributed by atoms with Crippen molar-refractivity contribution in [2.24, 2.45) is 11.5 Å². The number of nitrogens with one attached hydrogen (secondary N) is 1. The number of aromatic nitrogens is 2. The third kappa shape index (κ3) is 3.69. The van der Waals surface area contributed by atoms with Crippen molar-refractivity contribution in [1.29, 1.82) is 0 Å². The lowest BCUT2D eigenvalue weighted by Gasteiger charge is -2.00. The molecule has 128 valence electrons. The molecular formula is C19H20N4O2. The highest BCUT2D eigenvalue weighted by atomic mass is 16.5. The van der Waals surface area contributed by atoms with Crippen LogP contribution < -0.4 is 22.0 Å². The highest BCUT2D eigenvalue weighted by Crippen LogP contribution is 2.12. The van der Waals surface area contributed by atoms with Crippen molar-refractivity contribution in [2.45, 2.75) is 0 Å². The van der Waals surface area contributed by atoms with Crippen molar-refractivity contribution in [3.05, 3.63) is 77.1 Å². The smallest absolute Gasteiger partial charge is 0.339 e. The number of allylic oxidation sites excluding steroid dienone is 5. The number of methoxy groups -OCH3 is 1. The number of H-pyrrole nitrogens is 1. The SMILES string of the molecule is C=C/C=C\C(=C/N)C(=C)/C=c1\c(=C/N)[nH]c2ncc(C(=O)OC)cc12. The number of carbonyl (C=O) groups is 1. The van der Waals surface area contributed by atoms with Gasteiger partial charge in [-0.25, -0.2) is 9.78 Å². The van der Waals surface area contributed by atoms with Gasteiger partial charge in [0.25, 0.3) is 0 Å². The molecule has 2 aromatic rings. The van der Waals surface area contributed by atoms with Crippen molar-refractivity contribution in [3.8, 4) is 0 Å². The molecule has 0 aliphatic carbocycles. The maximum absolute atomic E-state index is 11.8. The van der Waals surface area contributed by atoms with Crippen LogP contribution in [0.25, 0.3) is 23.3 Å². The zero-order valence-electron chi connectivity index (χ0n) is 14.0. The summed E-state index contributed by atoms with van der Waals surface area (Å²) in [6.45, 7) is 7.67. The topological polar surface area (TPSA) is 107 Å². The molecule has 0 spiro atoms. The van der Waals surface area contributed by atoms with Crippen LogP contribution in [0.3, 0.4) is 0 Å². The van der Waals surface area contributed by atoms with Crippen LogP contribution >= 0.6 is 0 Å². The molecule has 0 saturated heterocycles. The highest BCUT2D eigenvalue weighted by molar-refractivity contribution is 5.93. The van der Waals surface area contributed by atoms with Crippen molar-refractivity contribution in [1.82, 2.24) is 9.97 Å². The summed E-state index contributed by atoms with van der Waals surface area (Å²) in [7, 11) is 1.32. The summed E-state index contributed by atoms with van der Waals surface area (Å²) in [4.78, 5) is 19.1. The standard InChI is InChI=1S/C19H20N4O2/c1-4-5-6-13(9-20)12(2)7-15-16-8-14(19(24)25-3)11-22-18(16)23-17(15)10-21/h4-11H,1-2,20-21H2,3H3,(H,22,23)/b6-5-,13-9+,15-7-,17-10+.